The summed E-state index contributed by atoms with van der Waals surface area (Å²) in [4.78, 5) is 30.2. The van der Waals surface area contributed by atoms with Gasteiger partial charge in [0.25, 0.3) is 0 Å². The second kappa shape index (κ2) is 10.9. The first-order chi connectivity index (χ1) is 17.1. The molecule has 0 aromatic heterocycles. The minimum absolute atomic E-state index is 0.192. The van der Waals surface area contributed by atoms with Crippen molar-refractivity contribution in [1.29, 1.82) is 0 Å². The standard InChI is InChI=1S/C28H27NO6/c1-3-25(30)34-28(22-14-8-5-9-15-22)24(29-35-27(28)21-12-6-4-7-13-21)18-20-11-10-16-23(17-20)33-19-26(31)32-2/h4-17,27H,3,18-19H2,1-2H3. The second-order valence-corrected chi connectivity index (χ2v) is 8.05. The lowest BCUT2D eigenvalue weighted by molar-refractivity contribution is -0.163. The highest BCUT2D eigenvalue weighted by Gasteiger charge is 2.55. The number of rotatable bonds is 9. The quantitative estimate of drug-likeness (QED) is 0.417. The fourth-order valence-electron chi connectivity index (χ4n) is 4.06. The van der Waals surface area contributed by atoms with Gasteiger partial charge in [0.2, 0.25) is 11.7 Å². The third kappa shape index (κ3) is 5.19. The molecule has 2 atom stereocenters. The molecule has 0 aliphatic carbocycles. The number of ether oxygens (including phenoxy) is 3. The number of oxime groups is 1. The predicted molar refractivity (Wildman–Crippen MR) is 130 cm³/mol. The lowest BCUT2D eigenvalue weighted by Crippen LogP contribution is -2.43. The molecule has 0 bridgehead atoms. The lowest BCUT2D eigenvalue weighted by atomic mass is 9.79. The molecule has 0 N–H and O–H groups in total. The van der Waals surface area contributed by atoms with Gasteiger partial charge in [-0.25, -0.2) is 4.79 Å². The molecule has 1 aliphatic rings. The SMILES string of the molecule is CCC(=O)OC1(c2ccccc2)C(Cc2cccc(OCC(=O)OC)c2)=NOC1c1ccccc1. The summed E-state index contributed by atoms with van der Waals surface area (Å²) in [6.45, 7) is 1.56. The lowest BCUT2D eigenvalue weighted by Gasteiger charge is -2.34. The maximum Gasteiger partial charge on any atom is 0.343 e. The van der Waals surface area contributed by atoms with Gasteiger partial charge in [-0.3, -0.25) is 4.79 Å². The molecule has 180 valence electrons. The van der Waals surface area contributed by atoms with E-state index in [-0.39, 0.29) is 19.0 Å². The Morgan fingerprint density at radius 1 is 0.943 bits per heavy atom. The van der Waals surface area contributed by atoms with Gasteiger partial charge in [0, 0.05) is 18.4 Å². The second-order valence-electron chi connectivity index (χ2n) is 8.05. The summed E-state index contributed by atoms with van der Waals surface area (Å²) < 4.78 is 16.4. The molecular weight excluding hydrogens is 446 g/mol. The zero-order valence-electron chi connectivity index (χ0n) is 19.7. The molecule has 0 saturated heterocycles. The van der Waals surface area contributed by atoms with E-state index in [1.165, 1.54) is 7.11 Å². The molecular formula is C28H27NO6. The van der Waals surface area contributed by atoms with Crippen molar-refractivity contribution in [3.8, 4) is 5.75 Å². The molecule has 1 aliphatic heterocycles. The molecule has 0 radical (unpaired) electrons. The normalized spacial score (nSPS) is 18.8. The number of benzene rings is 3. The smallest absolute Gasteiger partial charge is 0.343 e. The van der Waals surface area contributed by atoms with Crippen LogP contribution in [0.5, 0.6) is 5.75 Å². The van der Waals surface area contributed by atoms with E-state index in [1.807, 2.05) is 78.9 Å². The van der Waals surface area contributed by atoms with Gasteiger partial charge in [-0.05, 0) is 23.3 Å². The molecule has 0 fully saturated rings. The maximum absolute atomic E-state index is 12.8. The Morgan fingerprint density at radius 3 is 2.34 bits per heavy atom. The van der Waals surface area contributed by atoms with E-state index >= 15 is 0 Å². The van der Waals surface area contributed by atoms with Crippen LogP contribution in [0.1, 0.15) is 36.1 Å². The fraction of sp³-hybridized carbons (Fsp3) is 0.250. The van der Waals surface area contributed by atoms with Crippen LogP contribution in [0, 0.1) is 0 Å². The minimum Gasteiger partial charge on any atom is -0.482 e. The van der Waals surface area contributed by atoms with E-state index in [1.54, 1.807) is 13.0 Å². The van der Waals surface area contributed by atoms with Crippen molar-refractivity contribution in [3.05, 3.63) is 102 Å². The van der Waals surface area contributed by atoms with Crippen molar-refractivity contribution >= 4 is 17.7 Å². The van der Waals surface area contributed by atoms with Gasteiger partial charge in [0.15, 0.2) is 6.61 Å². The number of carbonyl (C=O) groups excluding carboxylic acids is 2. The van der Waals surface area contributed by atoms with Gasteiger partial charge in [0.05, 0.1) is 7.11 Å². The highest BCUT2D eigenvalue weighted by molar-refractivity contribution is 5.98. The summed E-state index contributed by atoms with van der Waals surface area (Å²) in [5.41, 5.74) is 1.78. The van der Waals surface area contributed by atoms with Crippen LogP contribution in [-0.2, 0) is 35.9 Å². The summed E-state index contributed by atoms with van der Waals surface area (Å²) in [5, 5.41) is 4.45. The molecule has 4 rings (SSSR count). The molecule has 0 spiro atoms. The van der Waals surface area contributed by atoms with E-state index in [0.717, 1.165) is 16.7 Å². The Labute approximate surface area is 204 Å². The topological polar surface area (TPSA) is 83.4 Å². The Hall–Kier alpha value is -4.13. The third-order valence-corrected chi connectivity index (χ3v) is 5.79. The van der Waals surface area contributed by atoms with Gasteiger partial charge in [-0.2, -0.15) is 0 Å². The molecule has 7 heteroatoms. The predicted octanol–water partition coefficient (Wildman–Crippen LogP) is 4.76. The molecule has 1 heterocycles. The summed E-state index contributed by atoms with van der Waals surface area (Å²) in [5.74, 6) is -0.310. The summed E-state index contributed by atoms with van der Waals surface area (Å²) >= 11 is 0. The van der Waals surface area contributed by atoms with Crippen LogP contribution in [0.4, 0.5) is 0 Å². The number of methoxy groups -OCH3 is 1. The third-order valence-electron chi connectivity index (χ3n) is 5.79. The zero-order chi connectivity index (χ0) is 24.7. The van der Waals surface area contributed by atoms with E-state index < -0.39 is 17.7 Å². The average Bonchev–Trinajstić information content (AvgIpc) is 3.26. The summed E-state index contributed by atoms with van der Waals surface area (Å²) in [6, 6.07) is 26.5. The van der Waals surface area contributed by atoms with Gasteiger partial charge in [-0.15, -0.1) is 0 Å². The van der Waals surface area contributed by atoms with Crippen molar-refractivity contribution in [2.45, 2.75) is 31.5 Å². The van der Waals surface area contributed by atoms with Crippen LogP contribution in [0.15, 0.2) is 90.1 Å². The number of hydrogen-bond acceptors (Lipinski definition) is 7. The molecule has 0 saturated carbocycles. The van der Waals surface area contributed by atoms with E-state index in [9.17, 15) is 9.59 Å². The zero-order valence-corrected chi connectivity index (χ0v) is 19.7. The Kier molecular flexibility index (Phi) is 7.45. The highest BCUT2D eigenvalue weighted by atomic mass is 16.7. The van der Waals surface area contributed by atoms with Crippen LogP contribution in [-0.4, -0.2) is 31.4 Å². The molecule has 2 unspecified atom stereocenters. The van der Waals surface area contributed by atoms with Gasteiger partial charge in [0.1, 0.15) is 11.5 Å². The van der Waals surface area contributed by atoms with Crippen LogP contribution in [0.2, 0.25) is 0 Å². The van der Waals surface area contributed by atoms with E-state index in [2.05, 4.69) is 9.89 Å². The Bertz CT molecular complexity index is 1190. The minimum atomic E-state index is -1.25. The number of carbonyl (C=O) groups is 2. The van der Waals surface area contributed by atoms with E-state index in [0.29, 0.717) is 17.9 Å². The van der Waals surface area contributed by atoms with Crippen molar-refractivity contribution in [2.75, 3.05) is 13.7 Å². The van der Waals surface area contributed by atoms with Gasteiger partial charge < -0.3 is 19.0 Å². The largest absolute Gasteiger partial charge is 0.482 e. The molecule has 7 nitrogen and oxygen atoms in total. The number of esters is 2. The summed E-state index contributed by atoms with van der Waals surface area (Å²) in [7, 11) is 1.31. The molecule has 3 aromatic rings. The van der Waals surface area contributed by atoms with Gasteiger partial charge >= 0.3 is 11.9 Å². The first-order valence-electron chi connectivity index (χ1n) is 11.4. The number of nitrogens with zero attached hydrogens (tertiary/aromatic N) is 1. The van der Waals surface area contributed by atoms with Crippen molar-refractivity contribution in [2.24, 2.45) is 5.16 Å². The number of hydrogen-bond donors (Lipinski definition) is 0. The summed E-state index contributed by atoms with van der Waals surface area (Å²) in [6.07, 6.45) is -0.111. The Balaban J connectivity index is 1.74. The monoisotopic (exact) mass is 473 g/mol. The van der Waals surface area contributed by atoms with Crippen LogP contribution in [0.25, 0.3) is 0 Å². The average molecular weight is 474 g/mol. The van der Waals surface area contributed by atoms with Crippen LogP contribution in [0.3, 0.4) is 0 Å². The first-order valence-corrected chi connectivity index (χ1v) is 11.4. The molecule has 3 aromatic carbocycles. The van der Waals surface area contributed by atoms with E-state index in [4.69, 9.17) is 14.3 Å². The van der Waals surface area contributed by atoms with Crippen molar-refractivity contribution in [1.82, 2.24) is 0 Å². The van der Waals surface area contributed by atoms with Gasteiger partial charge in [-0.1, -0.05) is 84.9 Å². The highest BCUT2D eigenvalue weighted by Crippen LogP contribution is 2.47. The first kappa shape index (κ1) is 24.0. The molecule has 35 heavy (non-hydrogen) atoms. The van der Waals surface area contributed by atoms with Crippen LogP contribution >= 0.6 is 0 Å². The van der Waals surface area contributed by atoms with Crippen molar-refractivity contribution < 1.29 is 28.6 Å². The van der Waals surface area contributed by atoms with Crippen LogP contribution < -0.4 is 4.74 Å². The molecule has 0 amide bonds. The van der Waals surface area contributed by atoms with Crippen molar-refractivity contribution in [3.63, 3.8) is 0 Å². The maximum atomic E-state index is 12.8. The Morgan fingerprint density at radius 2 is 1.66 bits per heavy atom. The fourth-order valence-corrected chi connectivity index (χ4v) is 4.06.